The molecule has 0 bridgehead atoms. The zero-order valence-corrected chi connectivity index (χ0v) is 17.5. The van der Waals surface area contributed by atoms with Crippen LogP contribution in [0, 0.1) is 6.92 Å². The lowest BCUT2D eigenvalue weighted by Crippen LogP contribution is -2.50. The molecule has 0 saturated carbocycles. The number of halogens is 1. The van der Waals surface area contributed by atoms with Gasteiger partial charge in [0.25, 0.3) is 5.91 Å². The number of carbonyl (C=O) groups is 1. The number of benzene rings is 2. The fourth-order valence-electron chi connectivity index (χ4n) is 3.48. The van der Waals surface area contributed by atoms with Crippen molar-refractivity contribution < 1.29 is 9.53 Å². The SMILES string of the molecule is Cc1ccccc1-c1cc(N2CCN(C(=O)COc3ccc(Cl)cc3)CC2)ncn1. The lowest BCUT2D eigenvalue weighted by atomic mass is 10.1. The van der Waals surface area contributed by atoms with Crippen molar-refractivity contribution in [3.63, 3.8) is 0 Å². The van der Waals surface area contributed by atoms with Gasteiger partial charge in [0, 0.05) is 42.8 Å². The van der Waals surface area contributed by atoms with Crippen LogP contribution in [-0.4, -0.2) is 53.6 Å². The molecular weight excluding hydrogens is 400 g/mol. The largest absolute Gasteiger partial charge is 0.484 e. The predicted molar refractivity (Wildman–Crippen MR) is 118 cm³/mol. The molecule has 1 fully saturated rings. The van der Waals surface area contributed by atoms with Crippen LogP contribution in [0.4, 0.5) is 5.82 Å². The van der Waals surface area contributed by atoms with Crippen molar-refractivity contribution in [1.29, 1.82) is 0 Å². The molecule has 30 heavy (non-hydrogen) atoms. The highest BCUT2D eigenvalue weighted by molar-refractivity contribution is 6.30. The molecule has 2 heterocycles. The van der Waals surface area contributed by atoms with Crippen molar-refractivity contribution in [2.24, 2.45) is 0 Å². The summed E-state index contributed by atoms with van der Waals surface area (Å²) in [6, 6.07) is 17.2. The molecule has 1 saturated heterocycles. The zero-order valence-electron chi connectivity index (χ0n) is 16.8. The van der Waals surface area contributed by atoms with E-state index in [2.05, 4.69) is 33.9 Å². The molecule has 0 unspecified atom stereocenters. The van der Waals surface area contributed by atoms with E-state index in [1.54, 1.807) is 30.6 Å². The van der Waals surface area contributed by atoms with Gasteiger partial charge in [-0.1, -0.05) is 35.9 Å². The molecule has 0 spiro atoms. The summed E-state index contributed by atoms with van der Waals surface area (Å²) in [5, 5.41) is 0.639. The van der Waals surface area contributed by atoms with Gasteiger partial charge in [0.2, 0.25) is 0 Å². The Labute approximate surface area is 181 Å². The summed E-state index contributed by atoms with van der Waals surface area (Å²) in [6.07, 6.45) is 1.61. The van der Waals surface area contributed by atoms with Crippen LogP contribution in [0.2, 0.25) is 5.02 Å². The summed E-state index contributed by atoms with van der Waals surface area (Å²) in [5.41, 5.74) is 3.19. The predicted octanol–water partition coefficient (Wildman–Crippen LogP) is 3.83. The van der Waals surface area contributed by atoms with Gasteiger partial charge in [0.15, 0.2) is 6.61 Å². The van der Waals surface area contributed by atoms with Crippen LogP contribution >= 0.6 is 11.6 Å². The van der Waals surface area contributed by atoms with Crippen molar-refractivity contribution >= 4 is 23.3 Å². The summed E-state index contributed by atoms with van der Waals surface area (Å²) in [4.78, 5) is 25.4. The monoisotopic (exact) mass is 422 g/mol. The summed E-state index contributed by atoms with van der Waals surface area (Å²) < 4.78 is 5.58. The van der Waals surface area contributed by atoms with E-state index in [1.165, 1.54) is 5.56 Å². The Morgan fingerprint density at radius 3 is 2.50 bits per heavy atom. The van der Waals surface area contributed by atoms with Crippen LogP contribution in [0.3, 0.4) is 0 Å². The normalized spacial score (nSPS) is 13.9. The van der Waals surface area contributed by atoms with Crippen molar-refractivity contribution in [2.75, 3.05) is 37.7 Å². The molecule has 154 valence electrons. The minimum atomic E-state index is -0.0205. The van der Waals surface area contributed by atoms with Gasteiger partial charge in [-0.05, 0) is 36.8 Å². The molecule has 1 aromatic heterocycles. The van der Waals surface area contributed by atoms with Crippen LogP contribution < -0.4 is 9.64 Å². The first-order valence-corrected chi connectivity index (χ1v) is 10.3. The molecule has 0 aliphatic carbocycles. The molecular formula is C23H23ClN4O2. The van der Waals surface area contributed by atoms with Crippen molar-refractivity contribution in [3.05, 3.63) is 71.5 Å². The molecule has 1 amide bonds. The zero-order chi connectivity index (χ0) is 20.9. The van der Waals surface area contributed by atoms with Gasteiger partial charge in [-0.3, -0.25) is 4.79 Å². The Balaban J connectivity index is 1.34. The molecule has 0 N–H and O–H groups in total. The number of amides is 1. The molecule has 0 radical (unpaired) electrons. The summed E-state index contributed by atoms with van der Waals surface area (Å²) in [5.74, 6) is 1.50. The Bertz CT molecular complexity index is 1020. The number of piperazine rings is 1. The second kappa shape index (κ2) is 9.13. The average molecular weight is 423 g/mol. The first kappa shape index (κ1) is 20.2. The van der Waals surface area contributed by atoms with Crippen molar-refractivity contribution in [1.82, 2.24) is 14.9 Å². The maximum absolute atomic E-state index is 12.5. The molecule has 4 rings (SSSR count). The van der Waals surface area contributed by atoms with Gasteiger partial charge in [-0.25, -0.2) is 9.97 Å². The summed E-state index contributed by atoms with van der Waals surface area (Å²) in [7, 11) is 0. The van der Waals surface area contributed by atoms with Gasteiger partial charge in [0.1, 0.15) is 17.9 Å². The van der Waals surface area contributed by atoms with E-state index < -0.39 is 0 Å². The number of ether oxygens (including phenoxy) is 1. The molecule has 0 atom stereocenters. The van der Waals surface area contributed by atoms with Crippen LogP contribution in [0.5, 0.6) is 5.75 Å². The molecule has 7 heteroatoms. The topological polar surface area (TPSA) is 58.6 Å². The van der Waals surface area contributed by atoms with Gasteiger partial charge >= 0.3 is 0 Å². The van der Waals surface area contributed by atoms with Crippen molar-refractivity contribution in [3.8, 4) is 17.0 Å². The van der Waals surface area contributed by atoms with E-state index in [0.29, 0.717) is 23.9 Å². The third-order valence-corrected chi connectivity index (χ3v) is 5.46. The van der Waals surface area contributed by atoms with E-state index in [-0.39, 0.29) is 12.5 Å². The van der Waals surface area contributed by atoms with Crippen molar-refractivity contribution in [2.45, 2.75) is 6.92 Å². The lowest BCUT2D eigenvalue weighted by molar-refractivity contribution is -0.133. The smallest absolute Gasteiger partial charge is 0.260 e. The molecule has 1 aliphatic heterocycles. The van der Waals surface area contributed by atoms with Gasteiger partial charge in [-0.2, -0.15) is 0 Å². The molecule has 2 aromatic carbocycles. The first-order chi connectivity index (χ1) is 14.6. The number of anilines is 1. The first-order valence-electron chi connectivity index (χ1n) is 9.89. The standard InChI is InChI=1S/C23H23ClN4O2/c1-17-4-2-3-5-20(17)21-14-22(26-16-25-21)27-10-12-28(13-11-27)23(29)15-30-19-8-6-18(24)7-9-19/h2-9,14,16H,10-13,15H2,1H3. The van der Waals surface area contributed by atoms with E-state index in [1.807, 2.05) is 23.1 Å². The molecule has 1 aliphatic rings. The van der Waals surface area contributed by atoms with E-state index >= 15 is 0 Å². The quantitative estimate of drug-likeness (QED) is 0.625. The van der Waals surface area contributed by atoms with Crippen LogP contribution in [0.1, 0.15) is 5.56 Å². The number of hydrogen-bond acceptors (Lipinski definition) is 5. The summed E-state index contributed by atoms with van der Waals surface area (Å²) >= 11 is 5.87. The molecule has 3 aromatic rings. The van der Waals surface area contributed by atoms with E-state index in [4.69, 9.17) is 16.3 Å². The third-order valence-electron chi connectivity index (χ3n) is 5.21. The minimum absolute atomic E-state index is 0.0204. The highest BCUT2D eigenvalue weighted by Gasteiger charge is 2.22. The second-order valence-electron chi connectivity index (χ2n) is 7.19. The Kier molecular flexibility index (Phi) is 6.14. The van der Waals surface area contributed by atoms with Crippen LogP contribution in [0.15, 0.2) is 60.9 Å². The Hall–Kier alpha value is -3.12. The Morgan fingerprint density at radius 1 is 1.03 bits per heavy atom. The number of carbonyl (C=O) groups excluding carboxylic acids is 1. The van der Waals surface area contributed by atoms with Gasteiger partial charge in [-0.15, -0.1) is 0 Å². The van der Waals surface area contributed by atoms with E-state index in [0.717, 1.165) is 30.2 Å². The maximum atomic E-state index is 12.5. The number of rotatable bonds is 5. The summed E-state index contributed by atoms with van der Waals surface area (Å²) in [6.45, 7) is 4.80. The minimum Gasteiger partial charge on any atom is -0.484 e. The Morgan fingerprint density at radius 2 is 1.77 bits per heavy atom. The van der Waals surface area contributed by atoms with E-state index in [9.17, 15) is 4.79 Å². The maximum Gasteiger partial charge on any atom is 0.260 e. The van der Waals surface area contributed by atoms with Crippen LogP contribution in [-0.2, 0) is 4.79 Å². The molecule has 6 nitrogen and oxygen atoms in total. The number of nitrogens with zero attached hydrogens (tertiary/aromatic N) is 4. The number of hydrogen-bond donors (Lipinski definition) is 0. The average Bonchev–Trinajstić information content (AvgIpc) is 2.79. The lowest BCUT2D eigenvalue weighted by Gasteiger charge is -2.35. The fourth-order valence-corrected chi connectivity index (χ4v) is 3.61. The van der Waals surface area contributed by atoms with Gasteiger partial charge in [0.05, 0.1) is 5.69 Å². The third kappa shape index (κ3) is 4.71. The second-order valence-corrected chi connectivity index (χ2v) is 7.62. The highest BCUT2D eigenvalue weighted by Crippen LogP contribution is 2.24. The number of aryl methyl sites for hydroxylation is 1. The number of aromatic nitrogens is 2. The fraction of sp³-hybridized carbons (Fsp3) is 0.261. The van der Waals surface area contributed by atoms with Crippen LogP contribution in [0.25, 0.3) is 11.3 Å². The highest BCUT2D eigenvalue weighted by atomic mass is 35.5. The van der Waals surface area contributed by atoms with Gasteiger partial charge < -0.3 is 14.5 Å².